The zero-order valence-corrected chi connectivity index (χ0v) is 9.06. The Morgan fingerprint density at radius 3 is 2.81 bits per heavy atom. The smallest absolute Gasteiger partial charge is 0.116 e. The maximum absolute atomic E-state index is 6.07. The van der Waals surface area contributed by atoms with Crippen molar-refractivity contribution < 1.29 is 0 Å². The second-order valence-corrected chi connectivity index (χ2v) is 4.19. The Bertz CT molecular complexity index is 517. The molecule has 2 heterocycles. The number of anilines is 2. The van der Waals surface area contributed by atoms with Gasteiger partial charge in [0.15, 0.2) is 0 Å². The van der Waals surface area contributed by atoms with Gasteiger partial charge in [-0.05, 0) is 25.0 Å². The molecule has 0 radical (unpaired) electrons. The summed E-state index contributed by atoms with van der Waals surface area (Å²) in [6.45, 7) is 2.20. The van der Waals surface area contributed by atoms with Crippen LogP contribution in [0, 0.1) is 0 Å². The van der Waals surface area contributed by atoms with Gasteiger partial charge in [-0.15, -0.1) is 0 Å². The van der Waals surface area contributed by atoms with Crippen molar-refractivity contribution in [2.24, 2.45) is 0 Å². The second-order valence-electron chi connectivity index (χ2n) is 4.19. The van der Waals surface area contributed by atoms with Crippen molar-refractivity contribution in [3.05, 3.63) is 24.7 Å². The molecule has 82 valence electrons. The third-order valence-electron chi connectivity index (χ3n) is 3.10. The molecule has 2 N–H and O–H groups in total. The first-order chi connectivity index (χ1) is 7.84. The van der Waals surface area contributed by atoms with Gasteiger partial charge in [0.1, 0.15) is 6.33 Å². The number of hydrogen-bond donors (Lipinski definition) is 1. The van der Waals surface area contributed by atoms with Crippen LogP contribution in [-0.2, 0) is 0 Å². The van der Waals surface area contributed by atoms with E-state index in [1.165, 1.54) is 12.8 Å². The minimum Gasteiger partial charge on any atom is -0.397 e. The van der Waals surface area contributed by atoms with Gasteiger partial charge < -0.3 is 10.6 Å². The number of nitrogen functional groups attached to an aromatic ring is 1. The predicted octanol–water partition coefficient (Wildman–Crippen LogP) is 1.81. The van der Waals surface area contributed by atoms with Crippen LogP contribution >= 0.6 is 0 Å². The van der Waals surface area contributed by atoms with E-state index in [0.29, 0.717) is 0 Å². The number of hydrogen-bond acceptors (Lipinski definition) is 4. The molecule has 0 spiro atoms. The monoisotopic (exact) mass is 214 g/mol. The van der Waals surface area contributed by atoms with Gasteiger partial charge in [-0.3, -0.25) is 0 Å². The van der Waals surface area contributed by atoms with Crippen LogP contribution in [0.25, 0.3) is 10.9 Å². The van der Waals surface area contributed by atoms with Gasteiger partial charge in [0.05, 0.1) is 16.9 Å². The minimum atomic E-state index is 0.823. The lowest BCUT2D eigenvalue weighted by atomic mass is 10.2. The molecule has 4 nitrogen and oxygen atoms in total. The van der Waals surface area contributed by atoms with Crippen molar-refractivity contribution >= 4 is 22.3 Å². The van der Waals surface area contributed by atoms with Crippen molar-refractivity contribution in [1.82, 2.24) is 9.97 Å². The third-order valence-corrected chi connectivity index (χ3v) is 3.10. The van der Waals surface area contributed by atoms with Crippen LogP contribution in [0.3, 0.4) is 0 Å². The first kappa shape index (κ1) is 9.39. The standard InChI is InChI=1S/C12H14N4/c13-10-5-9-7-14-8-15-11(9)6-12(10)16-3-1-2-4-16/h5-8H,1-4,13H2. The van der Waals surface area contributed by atoms with E-state index in [1.807, 2.05) is 6.07 Å². The van der Waals surface area contributed by atoms with Gasteiger partial charge in [0, 0.05) is 24.7 Å². The number of fused-ring (bicyclic) bond motifs is 1. The molecule has 3 rings (SSSR count). The SMILES string of the molecule is Nc1cc2cncnc2cc1N1CCCC1. The van der Waals surface area contributed by atoms with Gasteiger partial charge in [0.25, 0.3) is 0 Å². The first-order valence-electron chi connectivity index (χ1n) is 5.59. The van der Waals surface area contributed by atoms with E-state index in [0.717, 1.165) is 35.4 Å². The van der Waals surface area contributed by atoms with Crippen molar-refractivity contribution in [2.75, 3.05) is 23.7 Å². The molecule has 16 heavy (non-hydrogen) atoms. The number of nitrogens with two attached hydrogens (primary N) is 1. The quantitative estimate of drug-likeness (QED) is 0.735. The lowest BCUT2D eigenvalue weighted by Crippen LogP contribution is -2.19. The van der Waals surface area contributed by atoms with Crippen LogP contribution in [0.1, 0.15) is 12.8 Å². The molecule has 4 heteroatoms. The molecule has 0 atom stereocenters. The number of benzene rings is 1. The van der Waals surface area contributed by atoms with E-state index in [4.69, 9.17) is 5.73 Å². The number of rotatable bonds is 1. The predicted molar refractivity (Wildman–Crippen MR) is 65.4 cm³/mol. The van der Waals surface area contributed by atoms with Crippen LogP contribution < -0.4 is 10.6 Å². The first-order valence-corrected chi connectivity index (χ1v) is 5.59. The van der Waals surface area contributed by atoms with Crippen LogP contribution in [0.2, 0.25) is 0 Å². The maximum Gasteiger partial charge on any atom is 0.116 e. The Labute approximate surface area is 94.1 Å². The van der Waals surface area contributed by atoms with E-state index in [-0.39, 0.29) is 0 Å². The summed E-state index contributed by atoms with van der Waals surface area (Å²) >= 11 is 0. The Kier molecular flexibility index (Phi) is 2.13. The molecule has 0 unspecified atom stereocenters. The van der Waals surface area contributed by atoms with Crippen molar-refractivity contribution in [3.63, 3.8) is 0 Å². The second kappa shape index (κ2) is 3.63. The Hall–Kier alpha value is -1.84. The fraction of sp³-hybridized carbons (Fsp3) is 0.333. The van der Waals surface area contributed by atoms with Gasteiger partial charge in [0.2, 0.25) is 0 Å². The van der Waals surface area contributed by atoms with Crippen LogP contribution in [0.15, 0.2) is 24.7 Å². The molecule has 0 amide bonds. The average molecular weight is 214 g/mol. The topological polar surface area (TPSA) is 55.0 Å². The molecule has 1 aromatic carbocycles. The molecule has 0 aliphatic carbocycles. The molecule has 1 aliphatic rings. The summed E-state index contributed by atoms with van der Waals surface area (Å²) in [5.41, 5.74) is 8.97. The zero-order valence-electron chi connectivity index (χ0n) is 9.06. The highest BCUT2D eigenvalue weighted by Gasteiger charge is 2.15. The highest BCUT2D eigenvalue weighted by molar-refractivity contribution is 5.88. The van der Waals surface area contributed by atoms with E-state index in [2.05, 4.69) is 20.9 Å². The molecule has 1 fully saturated rings. The van der Waals surface area contributed by atoms with E-state index >= 15 is 0 Å². The summed E-state index contributed by atoms with van der Waals surface area (Å²) < 4.78 is 0. The Morgan fingerprint density at radius 2 is 2.00 bits per heavy atom. The summed E-state index contributed by atoms with van der Waals surface area (Å²) in [7, 11) is 0. The molecule has 1 aromatic heterocycles. The summed E-state index contributed by atoms with van der Waals surface area (Å²) in [6, 6.07) is 4.03. The number of aromatic nitrogens is 2. The van der Waals surface area contributed by atoms with Crippen molar-refractivity contribution in [3.8, 4) is 0 Å². The highest BCUT2D eigenvalue weighted by atomic mass is 15.2. The molecule has 1 saturated heterocycles. The van der Waals surface area contributed by atoms with E-state index < -0.39 is 0 Å². The van der Waals surface area contributed by atoms with Gasteiger partial charge in [-0.1, -0.05) is 0 Å². The Balaban J connectivity index is 2.13. The highest BCUT2D eigenvalue weighted by Crippen LogP contribution is 2.30. The van der Waals surface area contributed by atoms with Crippen molar-refractivity contribution in [1.29, 1.82) is 0 Å². The van der Waals surface area contributed by atoms with E-state index in [1.54, 1.807) is 12.5 Å². The largest absolute Gasteiger partial charge is 0.397 e. The summed E-state index contributed by atoms with van der Waals surface area (Å²) in [4.78, 5) is 10.6. The van der Waals surface area contributed by atoms with Gasteiger partial charge >= 0.3 is 0 Å². The summed E-state index contributed by atoms with van der Waals surface area (Å²) in [6.07, 6.45) is 5.88. The van der Waals surface area contributed by atoms with Crippen LogP contribution in [-0.4, -0.2) is 23.1 Å². The lowest BCUT2D eigenvalue weighted by Gasteiger charge is -2.19. The van der Waals surface area contributed by atoms with Crippen LogP contribution in [0.5, 0.6) is 0 Å². The molecular formula is C12H14N4. The minimum absolute atomic E-state index is 0.823. The normalized spacial score (nSPS) is 15.9. The fourth-order valence-corrected chi connectivity index (χ4v) is 2.27. The van der Waals surface area contributed by atoms with Crippen molar-refractivity contribution in [2.45, 2.75) is 12.8 Å². The third kappa shape index (κ3) is 1.46. The lowest BCUT2D eigenvalue weighted by molar-refractivity contribution is 0.949. The molecule has 0 saturated carbocycles. The summed E-state index contributed by atoms with van der Waals surface area (Å²) in [5.74, 6) is 0. The zero-order chi connectivity index (χ0) is 11.0. The maximum atomic E-state index is 6.07. The average Bonchev–Trinajstić information content (AvgIpc) is 2.81. The Morgan fingerprint density at radius 1 is 1.19 bits per heavy atom. The summed E-state index contributed by atoms with van der Waals surface area (Å²) in [5, 5.41) is 1.00. The number of nitrogens with zero attached hydrogens (tertiary/aromatic N) is 3. The fourth-order valence-electron chi connectivity index (χ4n) is 2.27. The molecule has 0 bridgehead atoms. The van der Waals surface area contributed by atoms with Gasteiger partial charge in [-0.25, -0.2) is 9.97 Å². The van der Waals surface area contributed by atoms with Crippen LogP contribution in [0.4, 0.5) is 11.4 Å². The van der Waals surface area contributed by atoms with Gasteiger partial charge in [-0.2, -0.15) is 0 Å². The molecule has 1 aliphatic heterocycles. The van der Waals surface area contributed by atoms with E-state index in [9.17, 15) is 0 Å². The molecular weight excluding hydrogens is 200 g/mol. The molecule has 2 aromatic rings.